The van der Waals surface area contributed by atoms with Crippen LogP contribution in [-0.4, -0.2) is 40.0 Å². The summed E-state index contributed by atoms with van der Waals surface area (Å²) >= 11 is 0. The lowest BCUT2D eigenvalue weighted by atomic mass is 10.1. The van der Waals surface area contributed by atoms with Gasteiger partial charge in [-0.2, -0.15) is 8.42 Å². The minimum atomic E-state index is -3.56. The molecule has 0 unspecified atom stereocenters. The Morgan fingerprint density at radius 1 is 1.03 bits per heavy atom. The summed E-state index contributed by atoms with van der Waals surface area (Å²) in [6, 6.07) is 14.2. The van der Waals surface area contributed by atoms with Crippen LogP contribution in [-0.2, 0) is 25.5 Å². The van der Waals surface area contributed by atoms with Gasteiger partial charge in [0.25, 0.3) is 10.1 Å². The quantitative estimate of drug-likeness (QED) is 0.577. The van der Waals surface area contributed by atoms with E-state index in [1.807, 2.05) is 58.0 Å². The zero-order valence-corrected chi connectivity index (χ0v) is 18.5. The molecule has 7 heteroatoms. The maximum Gasteiger partial charge on any atom is 0.414 e. The van der Waals surface area contributed by atoms with Crippen molar-refractivity contribution >= 4 is 21.9 Å². The third-order valence-electron chi connectivity index (χ3n) is 4.43. The Bertz CT molecular complexity index is 955. The van der Waals surface area contributed by atoms with Gasteiger partial charge in [-0.25, -0.2) is 4.79 Å². The summed E-state index contributed by atoms with van der Waals surface area (Å²) in [7, 11) is -3.56. The van der Waals surface area contributed by atoms with Crippen molar-refractivity contribution in [3.05, 3.63) is 53.6 Å². The van der Waals surface area contributed by atoms with E-state index in [-0.39, 0.29) is 13.2 Å². The highest BCUT2D eigenvalue weighted by molar-refractivity contribution is 7.85. The average molecular weight is 420 g/mol. The Morgan fingerprint density at radius 2 is 1.69 bits per heavy atom. The summed E-state index contributed by atoms with van der Waals surface area (Å²) in [5.41, 5.74) is 5.61. The number of cyclic esters (lactones) is 1. The fourth-order valence-electron chi connectivity index (χ4n) is 3.32. The molecular weight excluding hydrogens is 390 g/mol. The second-order valence-electron chi connectivity index (χ2n) is 6.28. The smallest absolute Gasteiger partial charge is 0.414 e. The molecule has 1 fully saturated rings. The number of hydrogen-bond acceptors (Lipinski definition) is 5. The molecule has 29 heavy (non-hydrogen) atoms. The van der Waals surface area contributed by atoms with Crippen molar-refractivity contribution in [1.29, 1.82) is 0 Å². The van der Waals surface area contributed by atoms with Crippen LogP contribution in [0, 0.1) is 0 Å². The van der Waals surface area contributed by atoms with Crippen LogP contribution in [0.2, 0.25) is 0 Å². The first kappa shape index (κ1) is 22.9. The van der Waals surface area contributed by atoms with E-state index in [4.69, 9.17) is 8.92 Å². The number of amides is 1. The van der Waals surface area contributed by atoms with Gasteiger partial charge in [-0.3, -0.25) is 9.08 Å². The summed E-state index contributed by atoms with van der Waals surface area (Å²) in [4.78, 5) is 13.6. The van der Waals surface area contributed by atoms with Gasteiger partial charge in [-0.15, -0.1) is 0 Å². The monoisotopic (exact) mass is 419 g/mol. The largest absolute Gasteiger partial charge is 0.441 e. The fraction of sp³-hybridized carbons (Fsp3) is 0.409. The maximum absolute atomic E-state index is 12.1. The highest BCUT2D eigenvalue weighted by atomic mass is 32.2. The molecule has 2 aliphatic rings. The minimum Gasteiger partial charge on any atom is -0.441 e. The minimum absolute atomic E-state index is 0.169. The van der Waals surface area contributed by atoms with Crippen LogP contribution >= 0.6 is 0 Å². The number of carbonyl (C=O) groups excluding carboxylic acids is 1. The summed E-state index contributed by atoms with van der Waals surface area (Å²) in [5, 5.41) is 0. The Hall–Kier alpha value is -2.38. The first-order valence-electron chi connectivity index (χ1n) is 9.94. The summed E-state index contributed by atoms with van der Waals surface area (Å²) in [6.07, 6.45) is 0.716. The summed E-state index contributed by atoms with van der Waals surface area (Å²) in [5.74, 6) is 0. The topological polar surface area (TPSA) is 72.9 Å². The Kier molecular flexibility index (Phi) is 7.81. The normalized spacial score (nSPS) is 16.7. The molecule has 0 radical (unpaired) electrons. The summed E-state index contributed by atoms with van der Waals surface area (Å²) < 4.78 is 32.1. The van der Waals surface area contributed by atoms with Gasteiger partial charge in [0.2, 0.25) is 0 Å². The van der Waals surface area contributed by atoms with Crippen LogP contribution in [0.5, 0.6) is 0 Å². The Morgan fingerprint density at radius 3 is 2.38 bits per heavy atom. The molecule has 0 saturated carbocycles. The number of nitrogens with zero attached hydrogens (tertiary/aromatic N) is 1. The molecule has 158 valence electrons. The summed E-state index contributed by atoms with van der Waals surface area (Å²) in [6.45, 7) is 8.09. The van der Waals surface area contributed by atoms with E-state index in [0.29, 0.717) is 0 Å². The molecule has 1 aliphatic heterocycles. The van der Waals surface area contributed by atoms with Crippen LogP contribution < -0.4 is 4.90 Å². The molecule has 4 rings (SSSR count). The van der Waals surface area contributed by atoms with Gasteiger partial charge in [-0.05, 0) is 40.8 Å². The van der Waals surface area contributed by atoms with E-state index >= 15 is 0 Å². The van der Waals surface area contributed by atoms with Gasteiger partial charge in [0, 0.05) is 5.69 Å². The molecule has 1 saturated heterocycles. The van der Waals surface area contributed by atoms with Crippen molar-refractivity contribution in [1.82, 2.24) is 0 Å². The highest BCUT2D eigenvalue weighted by Gasteiger charge is 2.34. The van der Waals surface area contributed by atoms with Crippen molar-refractivity contribution in [2.24, 2.45) is 0 Å². The number of anilines is 1. The first-order chi connectivity index (χ1) is 13.9. The molecule has 1 heterocycles. The van der Waals surface area contributed by atoms with Crippen LogP contribution in [0.3, 0.4) is 0 Å². The molecule has 1 atom stereocenters. The molecule has 0 aromatic heterocycles. The lowest BCUT2D eigenvalue weighted by Crippen LogP contribution is -2.26. The number of rotatable bonds is 4. The molecule has 0 bridgehead atoms. The molecule has 2 aromatic rings. The molecule has 6 nitrogen and oxygen atoms in total. The second-order valence-corrected chi connectivity index (χ2v) is 7.92. The highest BCUT2D eigenvalue weighted by Crippen LogP contribution is 2.38. The number of hydrogen-bond donors (Lipinski definition) is 0. The predicted molar refractivity (Wildman–Crippen MR) is 116 cm³/mol. The SMILES string of the molecule is CC.CC.CS(=O)(=O)OC[C@H]1CN(c2ccc3c(c2)Cc2ccccc2-3)C(=O)O1. The lowest BCUT2D eigenvalue weighted by molar-refractivity contribution is 0.107. The third-order valence-corrected chi connectivity index (χ3v) is 5.00. The van der Waals surface area contributed by atoms with Crippen molar-refractivity contribution in [3.8, 4) is 11.1 Å². The van der Waals surface area contributed by atoms with Crippen LogP contribution in [0.15, 0.2) is 42.5 Å². The van der Waals surface area contributed by atoms with Gasteiger partial charge in [-0.1, -0.05) is 58.0 Å². The number of carbonyl (C=O) groups is 1. The fourth-order valence-corrected chi connectivity index (χ4v) is 3.72. The third kappa shape index (κ3) is 5.36. The number of benzene rings is 2. The first-order valence-corrected chi connectivity index (χ1v) is 11.8. The van der Waals surface area contributed by atoms with Crippen LogP contribution in [0.4, 0.5) is 10.5 Å². The van der Waals surface area contributed by atoms with E-state index in [2.05, 4.69) is 12.1 Å². The van der Waals surface area contributed by atoms with Gasteiger partial charge < -0.3 is 4.74 Å². The van der Waals surface area contributed by atoms with Crippen molar-refractivity contribution < 1.29 is 22.1 Å². The molecule has 1 aliphatic carbocycles. The van der Waals surface area contributed by atoms with Crippen LogP contribution in [0.25, 0.3) is 11.1 Å². The van der Waals surface area contributed by atoms with Gasteiger partial charge in [0.15, 0.2) is 0 Å². The number of ether oxygens (including phenoxy) is 1. The second kappa shape index (κ2) is 9.89. The number of fused-ring (bicyclic) bond motifs is 3. The molecular formula is C22H29NO5S. The van der Waals surface area contributed by atoms with Crippen LogP contribution in [0.1, 0.15) is 38.8 Å². The maximum atomic E-state index is 12.1. The lowest BCUT2D eigenvalue weighted by Gasteiger charge is -2.14. The zero-order chi connectivity index (χ0) is 21.6. The zero-order valence-electron chi connectivity index (χ0n) is 17.6. The Labute approximate surface area is 173 Å². The van der Waals surface area contributed by atoms with E-state index in [9.17, 15) is 13.2 Å². The van der Waals surface area contributed by atoms with E-state index in [1.54, 1.807) is 0 Å². The molecule has 2 aromatic carbocycles. The van der Waals surface area contributed by atoms with Crippen molar-refractivity contribution in [3.63, 3.8) is 0 Å². The average Bonchev–Trinajstić information content (AvgIpc) is 3.28. The molecule has 0 N–H and O–H groups in total. The van der Waals surface area contributed by atoms with E-state index < -0.39 is 22.3 Å². The Balaban J connectivity index is 0.000000707. The van der Waals surface area contributed by atoms with Crippen molar-refractivity contribution in [2.45, 2.75) is 40.2 Å². The van der Waals surface area contributed by atoms with Crippen molar-refractivity contribution in [2.75, 3.05) is 24.3 Å². The molecule has 1 amide bonds. The van der Waals surface area contributed by atoms with Gasteiger partial charge >= 0.3 is 6.09 Å². The van der Waals surface area contributed by atoms with E-state index in [0.717, 1.165) is 18.4 Å². The predicted octanol–water partition coefficient (Wildman–Crippen LogP) is 4.61. The molecule has 0 spiro atoms. The van der Waals surface area contributed by atoms with Gasteiger partial charge in [0.1, 0.15) is 12.7 Å². The van der Waals surface area contributed by atoms with E-state index in [1.165, 1.54) is 27.2 Å². The van der Waals surface area contributed by atoms with Gasteiger partial charge in [0.05, 0.1) is 12.8 Å². The standard InChI is InChI=1S/C18H17NO5S.2C2H6/c1-25(21,22)23-11-15-10-19(18(20)24-15)14-6-7-17-13(9-14)8-12-4-2-3-5-16(12)17;2*1-2/h2-7,9,15H,8,10-11H2,1H3;2*1-2H3/t15-;;/m1../s1.